The molecule has 0 bridgehead atoms. The number of aliphatic imine (C=N–C) groups is 1. The van der Waals surface area contributed by atoms with Gasteiger partial charge in [-0.25, -0.2) is 8.42 Å². The first-order chi connectivity index (χ1) is 8.14. The summed E-state index contributed by atoms with van der Waals surface area (Å²) < 4.78 is 25.9. The van der Waals surface area contributed by atoms with Crippen LogP contribution in [0, 0.1) is 0 Å². The molecule has 0 aliphatic carbocycles. The molecule has 4 nitrogen and oxygen atoms in total. The van der Waals surface area contributed by atoms with Crippen LogP contribution >= 0.6 is 0 Å². The third-order valence-corrected chi connectivity index (χ3v) is 4.61. The van der Waals surface area contributed by atoms with Gasteiger partial charge in [0.25, 0.3) is 0 Å². The molecule has 1 aromatic rings. The molecule has 1 aliphatic rings. The molecule has 0 atom stereocenters. The monoisotopic (exact) mass is 250 g/mol. The molecular formula is C12H14N2O2S. The zero-order chi connectivity index (χ0) is 12.3. The Labute approximate surface area is 101 Å². The van der Waals surface area contributed by atoms with Crippen LogP contribution in [-0.4, -0.2) is 32.5 Å². The Hall–Kier alpha value is -1.46. The molecule has 0 aromatic heterocycles. The fourth-order valence-electron chi connectivity index (χ4n) is 1.74. The average molecular weight is 250 g/mol. The number of nitrogens with zero attached hydrogens (tertiary/aromatic N) is 2. The standard InChI is InChI=1S/C12H14N2O2S/c1-13-11-7-9-14(10-8-11)17(15,16)12-5-3-2-4-6-12/h2-7H,1,8-10H2. The van der Waals surface area contributed by atoms with Gasteiger partial charge in [-0.05, 0) is 24.9 Å². The van der Waals surface area contributed by atoms with E-state index in [0.717, 1.165) is 5.70 Å². The predicted octanol–water partition coefficient (Wildman–Crippen LogP) is 1.67. The minimum absolute atomic E-state index is 0.336. The Morgan fingerprint density at radius 3 is 2.47 bits per heavy atom. The molecular weight excluding hydrogens is 236 g/mol. The van der Waals surface area contributed by atoms with Crippen LogP contribution in [0.25, 0.3) is 0 Å². The minimum atomic E-state index is -3.37. The van der Waals surface area contributed by atoms with Crippen molar-refractivity contribution in [1.29, 1.82) is 0 Å². The van der Waals surface area contributed by atoms with Gasteiger partial charge in [0.1, 0.15) is 0 Å². The summed E-state index contributed by atoms with van der Waals surface area (Å²) in [5.41, 5.74) is 0.865. The summed E-state index contributed by atoms with van der Waals surface area (Å²) in [4.78, 5) is 4.16. The van der Waals surface area contributed by atoms with E-state index in [9.17, 15) is 8.42 Å². The van der Waals surface area contributed by atoms with E-state index in [4.69, 9.17) is 0 Å². The number of hydrogen-bond acceptors (Lipinski definition) is 3. The first kappa shape index (κ1) is 12.0. The van der Waals surface area contributed by atoms with E-state index >= 15 is 0 Å². The maximum Gasteiger partial charge on any atom is 0.243 e. The Balaban J connectivity index is 2.24. The highest BCUT2D eigenvalue weighted by Gasteiger charge is 2.25. The van der Waals surface area contributed by atoms with Gasteiger partial charge in [-0.3, -0.25) is 4.99 Å². The van der Waals surface area contributed by atoms with Crippen LogP contribution in [-0.2, 0) is 10.0 Å². The van der Waals surface area contributed by atoms with E-state index in [1.807, 2.05) is 0 Å². The van der Waals surface area contributed by atoms with Crippen molar-refractivity contribution in [3.05, 3.63) is 42.1 Å². The summed E-state index contributed by atoms with van der Waals surface area (Å²) in [6.45, 7) is 4.27. The quantitative estimate of drug-likeness (QED) is 0.766. The molecule has 0 N–H and O–H groups in total. The average Bonchev–Trinajstić information content (AvgIpc) is 2.40. The minimum Gasteiger partial charge on any atom is -0.269 e. The topological polar surface area (TPSA) is 49.7 Å². The summed E-state index contributed by atoms with van der Waals surface area (Å²) in [5, 5.41) is 0. The Morgan fingerprint density at radius 2 is 1.94 bits per heavy atom. The molecule has 0 amide bonds. The van der Waals surface area contributed by atoms with Gasteiger partial charge >= 0.3 is 0 Å². The van der Waals surface area contributed by atoms with Crippen molar-refractivity contribution in [3.63, 3.8) is 0 Å². The molecule has 0 fully saturated rings. The number of hydrogen-bond donors (Lipinski definition) is 0. The molecule has 2 rings (SSSR count). The molecule has 0 saturated carbocycles. The zero-order valence-corrected chi connectivity index (χ0v) is 10.2. The lowest BCUT2D eigenvalue weighted by molar-refractivity contribution is 0.430. The van der Waals surface area contributed by atoms with Crippen molar-refractivity contribution in [1.82, 2.24) is 4.31 Å². The van der Waals surface area contributed by atoms with Gasteiger partial charge < -0.3 is 0 Å². The van der Waals surface area contributed by atoms with E-state index in [-0.39, 0.29) is 0 Å². The van der Waals surface area contributed by atoms with Gasteiger partial charge in [-0.1, -0.05) is 18.2 Å². The molecule has 90 valence electrons. The second kappa shape index (κ2) is 4.81. The van der Waals surface area contributed by atoms with E-state index in [2.05, 4.69) is 11.7 Å². The van der Waals surface area contributed by atoms with Crippen molar-refractivity contribution in [2.24, 2.45) is 4.99 Å². The second-order valence-corrected chi connectivity index (χ2v) is 5.72. The maximum absolute atomic E-state index is 12.2. The van der Waals surface area contributed by atoms with Gasteiger partial charge in [0.05, 0.1) is 4.90 Å². The van der Waals surface area contributed by atoms with Crippen LogP contribution in [0.4, 0.5) is 0 Å². The van der Waals surface area contributed by atoms with E-state index in [0.29, 0.717) is 24.4 Å². The van der Waals surface area contributed by atoms with Gasteiger partial charge in [0.2, 0.25) is 10.0 Å². The van der Waals surface area contributed by atoms with Crippen LogP contribution in [0.1, 0.15) is 6.42 Å². The predicted molar refractivity (Wildman–Crippen MR) is 67.4 cm³/mol. The van der Waals surface area contributed by atoms with E-state index < -0.39 is 10.0 Å². The Bertz CT molecular complexity index is 535. The zero-order valence-electron chi connectivity index (χ0n) is 9.41. The lowest BCUT2D eigenvalue weighted by Crippen LogP contribution is -2.34. The van der Waals surface area contributed by atoms with Crippen molar-refractivity contribution < 1.29 is 8.42 Å². The van der Waals surface area contributed by atoms with Crippen molar-refractivity contribution in [2.75, 3.05) is 13.1 Å². The van der Waals surface area contributed by atoms with Gasteiger partial charge in [0, 0.05) is 25.2 Å². The van der Waals surface area contributed by atoms with Crippen molar-refractivity contribution in [3.8, 4) is 0 Å². The third kappa shape index (κ3) is 2.45. The molecule has 1 aromatic carbocycles. The fourth-order valence-corrected chi connectivity index (χ4v) is 3.14. The molecule has 0 unspecified atom stereocenters. The molecule has 1 heterocycles. The highest BCUT2D eigenvalue weighted by molar-refractivity contribution is 7.89. The summed E-state index contributed by atoms with van der Waals surface area (Å²) in [6, 6.07) is 8.47. The van der Waals surface area contributed by atoms with Crippen LogP contribution < -0.4 is 0 Å². The Kier molecular flexibility index (Phi) is 3.40. The van der Waals surface area contributed by atoms with Crippen molar-refractivity contribution >= 4 is 16.7 Å². The third-order valence-electron chi connectivity index (χ3n) is 2.73. The van der Waals surface area contributed by atoms with Crippen LogP contribution in [0.15, 0.2) is 52.0 Å². The van der Waals surface area contributed by atoms with E-state index in [1.54, 1.807) is 36.4 Å². The first-order valence-electron chi connectivity index (χ1n) is 5.35. The fraction of sp³-hybridized carbons (Fsp3) is 0.250. The first-order valence-corrected chi connectivity index (χ1v) is 6.79. The van der Waals surface area contributed by atoms with Gasteiger partial charge in [-0.2, -0.15) is 4.31 Å². The van der Waals surface area contributed by atoms with Crippen LogP contribution in [0.3, 0.4) is 0 Å². The molecule has 17 heavy (non-hydrogen) atoms. The van der Waals surface area contributed by atoms with E-state index in [1.165, 1.54) is 4.31 Å². The number of sulfonamides is 1. The molecule has 0 spiro atoms. The lowest BCUT2D eigenvalue weighted by atomic mass is 10.2. The van der Waals surface area contributed by atoms with Gasteiger partial charge in [-0.15, -0.1) is 0 Å². The molecule has 5 heteroatoms. The second-order valence-electron chi connectivity index (χ2n) is 3.78. The van der Waals surface area contributed by atoms with Crippen LogP contribution in [0.2, 0.25) is 0 Å². The molecule has 1 aliphatic heterocycles. The summed E-state index contributed by atoms with van der Waals surface area (Å²) >= 11 is 0. The molecule has 0 saturated heterocycles. The normalized spacial score (nSPS) is 17.5. The Morgan fingerprint density at radius 1 is 1.24 bits per heavy atom. The largest absolute Gasteiger partial charge is 0.269 e. The maximum atomic E-state index is 12.2. The summed E-state index contributed by atoms with van der Waals surface area (Å²) in [5.74, 6) is 0. The highest BCUT2D eigenvalue weighted by Crippen LogP contribution is 2.20. The summed E-state index contributed by atoms with van der Waals surface area (Å²) in [7, 11) is -3.37. The van der Waals surface area contributed by atoms with Crippen LogP contribution in [0.5, 0.6) is 0 Å². The lowest BCUT2D eigenvalue weighted by Gasteiger charge is -2.24. The number of benzene rings is 1. The van der Waals surface area contributed by atoms with Gasteiger partial charge in [0.15, 0.2) is 0 Å². The molecule has 0 radical (unpaired) electrons. The van der Waals surface area contributed by atoms with Crippen molar-refractivity contribution in [2.45, 2.75) is 11.3 Å². The summed E-state index contributed by atoms with van der Waals surface area (Å²) in [6.07, 6.45) is 2.42. The SMILES string of the molecule is C=NC1=CCN(S(=O)(=O)c2ccccc2)CC1. The number of rotatable bonds is 3. The smallest absolute Gasteiger partial charge is 0.243 e. The highest BCUT2D eigenvalue weighted by atomic mass is 32.2.